The van der Waals surface area contributed by atoms with Gasteiger partial charge in [-0.15, -0.1) is 0 Å². The summed E-state index contributed by atoms with van der Waals surface area (Å²) in [5.41, 5.74) is 0. The van der Waals surface area contributed by atoms with E-state index in [0.717, 1.165) is 12.8 Å². The maximum absolute atomic E-state index is 12.2. The number of rotatable bonds is 4. The van der Waals surface area contributed by atoms with Gasteiger partial charge in [0.05, 0.1) is 0 Å². The van der Waals surface area contributed by atoms with Crippen LogP contribution in [0.1, 0.15) is 32.1 Å². The normalized spacial score (nSPS) is 16.1. The molecule has 1 aromatic carbocycles. The Kier molecular flexibility index (Phi) is 5.21. The Morgan fingerprint density at radius 2 is 1.89 bits per heavy atom. The minimum atomic E-state index is -0.319. The van der Waals surface area contributed by atoms with Crippen molar-refractivity contribution in [3.05, 3.63) is 30.3 Å². The van der Waals surface area contributed by atoms with E-state index in [1.165, 1.54) is 19.3 Å². The molecule has 0 radical (unpaired) electrons. The van der Waals surface area contributed by atoms with Crippen LogP contribution >= 0.6 is 0 Å². The molecule has 19 heavy (non-hydrogen) atoms. The van der Waals surface area contributed by atoms with E-state index in [1.807, 2.05) is 18.2 Å². The summed E-state index contributed by atoms with van der Waals surface area (Å²) >= 11 is 0. The number of ether oxygens (including phenoxy) is 2. The molecule has 0 spiro atoms. The molecule has 1 aliphatic carbocycles. The van der Waals surface area contributed by atoms with E-state index in [4.69, 9.17) is 9.47 Å². The molecule has 0 atom stereocenters. The highest BCUT2D eigenvalue weighted by Crippen LogP contribution is 2.23. The van der Waals surface area contributed by atoms with Crippen molar-refractivity contribution in [1.29, 1.82) is 0 Å². The van der Waals surface area contributed by atoms with E-state index in [-0.39, 0.29) is 18.9 Å². The van der Waals surface area contributed by atoms with E-state index in [0.29, 0.717) is 5.75 Å². The maximum atomic E-state index is 12.2. The summed E-state index contributed by atoms with van der Waals surface area (Å²) in [7, 11) is 1.60. The number of hydrogen-bond donors (Lipinski definition) is 0. The minimum Gasteiger partial charge on any atom is -0.410 e. The van der Waals surface area contributed by atoms with Crippen molar-refractivity contribution in [2.24, 2.45) is 0 Å². The molecule has 1 saturated carbocycles. The Morgan fingerprint density at radius 1 is 1.21 bits per heavy atom. The average Bonchev–Trinajstić information content (AvgIpc) is 2.46. The van der Waals surface area contributed by atoms with Gasteiger partial charge in [-0.25, -0.2) is 4.79 Å². The van der Waals surface area contributed by atoms with E-state index < -0.39 is 0 Å². The molecule has 0 heterocycles. The molecule has 2 rings (SSSR count). The van der Waals surface area contributed by atoms with Crippen LogP contribution in [0.2, 0.25) is 0 Å². The highest BCUT2D eigenvalue weighted by molar-refractivity contribution is 5.70. The van der Waals surface area contributed by atoms with Crippen LogP contribution < -0.4 is 4.74 Å². The molecular weight excluding hydrogens is 242 g/mol. The number of carbonyl (C=O) groups excluding carboxylic acids is 1. The van der Waals surface area contributed by atoms with Crippen LogP contribution in [0.15, 0.2) is 30.3 Å². The molecule has 1 aliphatic rings. The fourth-order valence-corrected chi connectivity index (χ4v) is 2.49. The van der Waals surface area contributed by atoms with Gasteiger partial charge >= 0.3 is 6.09 Å². The summed E-state index contributed by atoms with van der Waals surface area (Å²) in [4.78, 5) is 13.9. The lowest BCUT2D eigenvalue weighted by atomic mass is 9.95. The summed E-state index contributed by atoms with van der Waals surface area (Å²) < 4.78 is 10.5. The molecule has 0 unspecified atom stereocenters. The molecule has 1 amide bonds. The first-order valence-corrected chi connectivity index (χ1v) is 6.83. The van der Waals surface area contributed by atoms with Crippen LogP contribution in [0.5, 0.6) is 5.75 Å². The molecule has 1 aromatic rings. The summed E-state index contributed by atoms with van der Waals surface area (Å²) in [6.07, 6.45) is 5.35. The largest absolute Gasteiger partial charge is 0.417 e. The highest BCUT2D eigenvalue weighted by Gasteiger charge is 2.26. The van der Waals surface area contributed by atoms with Crippen LogP contribution in [-0.2, 0) is 4.74 Å². The van der Waals surface area contributed by atoms with E-state index in [9.17, 15) is 4.79 Å². The molecule has 0 bridgehead atoms. The number of methoxy groups -OCH3 is 1. The quantitative estimate of drug-likeness (QED) is 0.781. The van der Waals surface area contributed by atoms with Crippen LogP contribution in [0.3, 0.4) is 0 Å². The van der Waals surface area contributed by atoms with E-state index in [1.54, 1.807) is 24.1 Å². The van der Waals surface area contributed by atoms with Crippen molar-refractivity contribution in [1.82, 2.24) is 4.90 Å². The van der Waals surface area contributed by atoms with Gasteiger partial charge in [0, 0.05) is 13.2 Å². The zero-order valence-electron chi connectivity index (χ0n) is 11.4. The zero-order valence-corrected chi connectivity index (χ0v) is 11.4. The van der Waals surface area contributed by atoms with Gasteiger partial charge < -0.3 is 9.47 Å². The van der Waals surface area contributed by atoms with Crippen molar-refractivity contribution < 1.29 is 14.3 Å². The molecular formula is C15H21NO3. The predicted octanol–water partition coefficient (Wildman–Crippen LogP) is 3.42. The van der Waals surface area contributed by atoms with Crippen LogP contribution in [-0.4, -0.2) is 30.9 Å². The van der Waals surface area contributed by atoms with Gasteiger partial charge in [-0.1, -0.05) is 37.5 Å². The smallest absolute Gasteiger partial charge is 0.410 e. The number of hydrogen-bond acceptors (Lipinski definition) is 3. The van der Waals surface area contributed by atoms with Gasteiger partial charge in [0.15, 0.2) is 0 Å². The van der Waals surface area contributed by atoms with Crippen LogP contribution in [0.4, 0.5) is 4.79 Å². The summed E-state index contributed by atoms with van der Waals surface area (Å²) in [6, 6.07) is 9.40. The Hall–Kier alpha value is -1.55. The van der Waals surface area contributed by atoms with Crippen LogP contribution in [0, 0.1) is 0 Å². The Balaban J connectivity index is 1.99. The first-order chi connectivity index (χ1) is 9.31. The van der Waals surface area contributed by atoms with E-state index >= 15 is 0 Å². The third-order valence-electron chi connectivity index (χ3n) is 3.47. The first kappa shape index (κ1) is 13.9. The zero-order chi connectivity index (χ0) is 13.5. The number of nitrogens with zero attached hydrogens (tertiary/aromatic N) is 1. The second-order valence-electron chi connectivity index (χ2n) is 4.86. The fourth-order valence-electron chi connectivity index (χ4n) is 2.49. The molecule has 4 heteroatoms. The number of benzene rings is 1. The maximum Gasteiger partial charge on any atom is 0.417 e. The summed E-state index contributed by atoms with van der Waals surface area (Å²) in [5.74, 6) is 0.574. The third-order valence-corrected chi connectivity index (χ3v) is 3.47. The summed E-state index contributed by atoms with van der Waals surface area (Å²) in [5, 5.41) is 0. The molecule has 0 aromatic heterocycles. The summed E-state index contributed by atoms with van der Waals surface area (Å²) in [6.45, 7) is 0.288. The Morgan fingerprint density at radius 3 is 2.53 bits per heavy atom. The molecule has 0 N–H and O–H groups in total. The average molecular weight is 263 g/mol. The van der Waals surface area contributed by atoms with Crippen molar-refractivity contribution >= 4 is 6.09 Å². The molecule has 4 nitrogen and oxygen atoms in total. The molecule has 0 aliphatic heterocycles. The van der Waals surface area contributed by atoms with Gasteiger partial charge in [0.2, 0.25) is 0 Å². The third kappa shape index (κ3) is 3.96. The second kappa shape index (κ2) is 7.14. The van der Waals surface area contributed by atoms with Crippen molar-refractivity contribution in [2.45, 2.75) is 38.1 Å². The standard InChI is InChI=1S/C15H21NO3/c1-18-12-16(13-8-4-2-5-9-13)15(17)19-14-10-6-3-7-11-14/h3,6-7,10-11,13H,2,4-5,8-9,12H2,1H3. The van der Waals surface area contributed by atoms with Crippen molar-refractivity contribution in [3.63, 3.8) is 0 Å². The predicted molar refractivity (Wildman–Crippen MR) is 73.1 cm³/mol. The number of para-hydroxylation sites is 1. The Labute approximate surface area is 114 Å². The first-order valence-electron chi connectivity index (χ1n) is 6.83. The highest BCUT2D eigenvalue weighted by atomic mass is 16.6. The molecule has 104 valence electrons. The molecule has 0 saturated heterocycles. The lowest BCUT2D eigenvalue weighted by Crippen LogP contribution is -2.44. The second-order valence-corrected chi connectivity index (χ2v) is 4.86. The van der Waals surface area contributed by atoms with Gasteiger partial charge in [0.1, 0.15) is 12.5 Å². The lowest BCUT2D eigenvalue weighted by Gasteiger charge is -2.32. The topological polar surface area (TPSA) is 38.8 Å². The van der Waals surface area contributed by atoms with Gasteiger partial charge in [0.25, 0.3) is 0 Å². The van der Waals surface area contributed by atoms with Gasteiger partial charge in [-0.05, 0) is 25.0 Å². The van der Waals surface area contributed by atoms with Gasteiger partial charge in [-0.3, -0.25) is 4.90 Å². The monoisotopic (exact) mass is 263 g/mol. The van der Waals surface area contributed by atoms with Crippen LogP contribution in [0.25, 0.3) is 0 Å². The van der Waals surface area contributed by atoms with Crippen molar-refractivity contribution in [3.8, 4) is 5.75 Å². The Bertz CT molecular complexity index is 388. The number of amides is 1. The lowest BCUT2D eigenvalue weighted by molar-refractivity contribution is 0.0302. The van der Waals surface area contributed by atoms with Crippen molar-refractivity contribution in [2.75, 3.05) is 13.8 Å². The SMILES string of the molecule is COCN(C(=O)Oc1ccccc1)C1CCCCC1. The minimum absolute atomic E-state index is 0.241. The fraction of sp³-hybridized carbons (Fsp3) is 0.533. The van der Waals surface area contributed by atoms with Gasteiger partial charge in [-0.2, -0.15) is 0 Å². The molecule has 1 fully saturated rings. The van der Waals surface area contributed by atoms with E-state index in [2.05, 4.69) is 0 Å². The number of carbonyl (C=O) groups is 1.